The number of aryl methyl sites for hydroxylation is 1. The molecule has 3 nitrogen and oxygen atoms in total. The molecule has 0 aromatic heterocycles. The van der Waals surface area contributed by atoms with Gasteiger partial charge in [-0.15, -0.1) is 0 Å². The standard InChI is InChI=1S/C18H22FNO2S/c1-15(13-16-7-3-2-4-8-16)14-20-23(21,22)12-11-17-9-5-6-10-18(17)19/h2-10,15,20H,11-14H2,1H3. The minimum atomic E-state index is -3.40. The fourth-order valence-electron chi connectivity index (χ4n) is 2.38. The maximum atomic E-state index is 13.5. The first-order chi connectivity index (χ1) is 11.0. The largest absolute Gasteiger partial charge is 0.215 e. The number of hydrogen-bond donors (Lipinski definition) is 1. The van der Waals surface area contributed by atoms with Gasteiger partial charge in [-0.1, -0.05) is 55.5 Å². The van der Waals surface area contributed by atoms with Crippen molar-refractivity contribution in [3.8, 4) is 0 Å². The van der Waals surface area contributed by atoms with Crippen LogP contribution >= 0.6 is 0 Å². The van der Waals surface area contributed by atoms with E-state index < -0.39 is 10.0 Å². The zero-order chi connectivity index (χ0) is 16.7. The van der Waals surface area contributed by atoms with Crippen molar-refractivity contribution in [3.63, 3.8) is 0 Å². The molecule has 1 atom stereocenters. The summed E-state index contributed by atoms with van der Waals surface area (Å²) >= 11 is 0. The molecular weight excluding hydrogens is 313 g/mol. The Morgan fingerprint density at radius 1 is 1.04 bits per heavy atom. The molecule has 0 aliphatic heterocycles. The summed E-state index contributed by atoms with van der Waals surface area (Å²) in [6, 6.07) is 16.2. The van der Waals surface area contributed by atoms with Crippen LogP contribution in [0.25, 0.3) is 0 Å². The van der Waals surface area contributed by atoms with E-state index >= 15 is 0 Å². The van der Waals surface area contributed by atoms with Crippen molar-refractivity contribution in [2.75, 3.05) is 12.3 Å². The first-order valence-corrected chi connectivity index (χ1v) is 9.36. The number of sulfonamides is 1. The van der Waals surface area contributed by atoms with Crippen LogP contribution in [0.3, 0.4) is 0 Å². The lowest BCUT2D eigenvalue weighted by atomic mass is 10.0. The van der Waals surface area contributed by atoms with Crippen LogP contribution in [0, 0.1) is 11.7 Å². The van der Waals surface area contributed by atoms with Gasteiger partial charge in [-0.25, -0.2) is 17.5 Å². The summed E-state index contributed by atoms with van der Waals surface area (Å²) in [6.07, 6.45) is 0.992. The van der Waals surface area contributed by atoms with E-state index in [1.54, 1.807) is 18.2 Å². The first kappa shape index (κ1) is 17.6. The van der Waals surface area contributed by atoms with Gasteiger partial charge in [-0.05, 0) is 36.0 Å². The molecule has 0 amide bonds. The molecule has 0 aliphatic rings. The van der Waals surface area contributed by atoms with Gasteiger partial charge >= 0.3 is 0 Å². The molecule has 0 aliphatic carbocycles. The van der Waals surface area contributed by atoms with Gasteiger partial charge in [0.2, 0.25) is 10.0 Å². The summed E-state index contributed by atoms with van der Waals surface area (Å²) < 4.78 is 40.2. The smallest absolute Gasteiger partial charge is 0.211 e. The van der Waals surface area contributed by atoms with E-state index in [-0.39, 0.29) is 23.9 Å². The highest BCUT2D eigenvalue weighted by Gasteiger charge is 2.14. The van der Waals surface area contributed by atoms with Gasteiger partial charge in [0.1, 0.15) is 5.82 Å². The van der Waals surface area contributed by atoms with Crippen LogP contribution in [0.5, 0.6) is 0 Å². The molecule has 1 unspecified atom stereocenters. The number of benzene rings is 2. The highest BCUT2D eigenvalue weighted by Crippen LogP contribution is 2.09. The molecule has 23 heavy (non-hydrogen) atoms. The highest BCUT2D eigenvalue weighted by atomic mass is 32.2. The number of rotatable bonds is 8. The molecular formula is C18H22FNO2S. The van der Waals surface area contributed by atoms with Crippen molar-refractivity contribution in [1.29, 1.82) is 0 Å². The van der Waals surface area contributed by atoms with Crippen LogP contribution in [-0.4, -0.2) is 20.7 Å². The molecule has 2 aromatic rings. The van der Waals surface area contributed by atoms with Gasteiger partial charge < -0.3 is 0 Å². The van der Waals surface area contributed by atoms with Crippen LogP contribution in [0.15, 0.2) is 54.6 Å². The molecule has 0 bridgehead atoms. The van der Waals surface area contributed by atoms with Crippen molar-refractivity contribution >= 4 is 10.0 Å². The first-order valence-electron chi connectivity index (χ1n) is 7.71. The van der Waals surface area contributed by atoms with E-state index in [1.165, 1.54) is 11.6 Å². The lowest BCUT2D eigenvalue weighted by molar-refractivity contribution is 0.536. The van der Waals surface area contributed by atoms with Gasteiger partial charge in [-0.2, -0.15) is 0 Å². The Balaban J connectivity index is 1.80. The van der Waals surface area contributed by atoms with Crippen LogP contribution in [-0.2, 0) is 22.9 Å². The molecule has 1 N–H and O–H groups in total. The fraction of sp³-hybridized carbons (Fsp3) is 0.333. The minimum absolute atomic E-state index is 0.105. The van der Waals surface area contributed by atoms with Crippen molar-refractivity contribution in [1.82, 2.24) is 4.72 Å². The SMILES string of the molecule is CC(CNS(=O)(=O)CCc1ccccc1F)Cc1ccccc1. The third-order valence-corrected chi connectivity index (χ3v) is 5.02. The van der Waals surface area contributed by atoms with Crippen LogP contribution < -0.4 is 4.72 Å². The minimum Gasteiger partial charge on any atom is -0.215 e. The van der Waals surface area contributed by atoms with E-state index in [2.05, 4.69) is 4.72 Å². The lowest BCUT2D eigenvalue weighted by Crippen LogP contribution is -2.31. The average molecular weight is 335 g/mol. The van der Waals surface area contributed by atoms with Gasteiger partial charge in [0.15, 0.2) is 0 Å². The quantitative estimate of drug-likeness (QED) is 0.805. The summed E-state index contributed by atoms with van der Waals surface area (Å²) in [5.41, 5.74) is 1.61. The molecule has 0 radical (unpaired) electrons. The molecule has 0 saturated carbocycles. The molecule has 2 rings (SSSR count). The summed E-state index contributed by atoms with van der Waals surface area (Å²) in [7, 11) is -3.40. The topological polar surface area (TPSA) is 46.2 Å². The summed E-state index contributed by atoms with van der Waals surface area (Å²) in [5, 5.41) is 0. The van der Waals surface area contributed by atoms with Gasteiger partial charge in [0.05, 0.1) is 5.75 Å². The summed E-state index contributed by atoms with van der Waals surface area (Å²) in [6.45, 7) is 2.39. The van der Waals surface area contributed by atoms with E-state index in [0.717, 1.165) is 6.42 Å². The van der Waals surface area contributed by atoms with Gasteiger partial charge in [0.25, 0.3) is 0 Å². The maximum Gasteiger partial charge on any atom is 0.211 e. The fourth-order valence-corrected chi connectivity index (χ4v) is 3.55. The Labute approximate surface area is 137 Å². The second-order valence-corrected chi connectivity index (χ2v) is 7.73. The Bertz CT molecular complexity index is 717. The molecule has 5 heteroatoms. The average Bonchev–Trinajstić information content (AvgIpc) is 2.53. The zero-order valence-electron chi connectivity index (χ0n) is 13.2. The summed E-state index contributed by atoms with van der Waals surface area (Å²) in [4.78, 5) is 0. The van der Waals surface area contributed by atoms with Crippen LogP contribution in [0.2, 0.25) is 0 Å². The highest BCUT2D eigenvalue weighted by molar-refractivity contribution is 7.89. The third kappa shape index (κ3) is 6.12. The Morgan fingerprint density at radius 2 is 1.70 bits per heavy atom. The molecule has 2 aromatic carbocycles. The predicted molar refractivity (Wildman–Crippen MR) is 91.2 cm³/mol. The summed E-state index contributed by atoms with van der Waals surface area (Å²) in [5.74, 6) is -0.271. The monoisotopic (exact) mass is 335 g/mol. The van der Waals surface area contributed by atoms with Crippen LogP contribution in [0.4, 0.5) is 4.39 Å². The van der Waals surface area contributed by atoms with Crippen LogP contribution in [0.1, 0.15) is 18.1 Å². The van der Waals surface area contributed by atoms with Crippen molar-refractivity contribution in [3.05, 3.63) is 71.5 Å². The number of halogens is 1. The predicted octanol–water partition coefficient (Wildman–Crippen LogP) is 3.17. The second-order valence-electron chi connectivity index (χ2n) is 5.80. The second kappa shape index (κ2) is 8.22. The van der Waals surface area contributed by atoms with Crippen molar-refractivity contribution in [2.45, 2.75) is 19.8 Å². The maximum absolute atomic E-state index is 13.5. The number of nitrogens with one attached hydrogen (secondary N) is 1. The van der Waals surface area contributed by atoms with E-state index in [4.69, 9.17) is 0 Å². The zero-order valence-corrected chi connectivity index (χ0v) is 14.0. The van der Waals surface area contributed by atoms with E-state index in [1.807, 2.05) is 37.3 Å². The van der Waals surface area contributed by atoms with E-state index in [0.29, 0.717) is 12.1 Å². The Hall–Kier alpha value is -1.72. The normalized spacial score (nSPS) is 13.0. The Kier molecular flexibility index (Phi) is 6.30. The molecule has 0 heterocycles. The van der Waals surface area contributed by atoms with Gasteiger partial charge in [-0.3, -0.25) is 0 Å². The Morgan fingerprint density at radius 3 is 2.39 bits per heavy atom. The molecule has 0 saturated heterocycles. The van der Waals surface area contributed by atoms with E-state index in [9.17, 15) is 12.8 Å². The number of hydrogen-bond acceptors (Lipinski definition) is 2. The third-order valence-electron chi connectivity index (χ3n) is 3.68. The van der Waals surface area contributed by atoms with Crippen molar-refractivity contribution < 1.29 is 12.8 Å². The lowest BCUT2D eigenvalue weighted by Gasteiger charge is -2.13. The van der Waals surface area contributed by atoms with Crippen molar-refractivity contribution in [2.24, 2.45) is 5.92 Å². The molecule has 0 fully saturated rings. The van der Waals surface area contributed by atoms with Gasteiger partial charge in [0, 0.05) is 6.54 Å². The molecule has 0 spiro atoms. The molecule has 124 valence electrons.